The number of nitrogens with zero attached hydrogens (tertiary/aromatic N) is 1. The second-order valence-corrected chi connectivity index (χ2v) is 6.97. The van der Waals surface area contributed by atoms with Crippen molar-refractivity contribution in [2.45, 2.75) is 18.6 Å². The van der Waals surface area contributed by atoms with Crippen LogP contribution in [0.25, 0.3) is 0 Å². The third kappa shape index (κ3) is 4.55. The second-order valence-electron chi connectivity index (χ2n) is 6.97. The number of para-hydroxylation sites is 1. The van der Waals surface area contributed by atoms with E-state index < -0.39 is 41.2 Å². The number of hydrogen-bond donors (Lipinski definition) is 3. The number of carbonyl (C=O) groups excluding carboxylic acids is 1. The number of alkyl halides is 3. The van der Waals surface area contributed by atoms with Gasteiger partial charge in [0.1, 0.15) is 17.1 Å². The minimum atomic E-state index is -4.57. The van der Waals surface area contributed by atoms with Crippen molar-refractivity contribution in [3.8, 4) is 5.75 Å². The highest BCUT2D eigenvalue weighted by Gasteiger charge is 2.36. The molecule has 8 nitrogen and oxygen atoms in total. The molecule has 0 bridgehead atoms. The van der Waals surface area contributed by atoms with Crippen LogP contribution in [0.4, 0.5) is 30.2 Å². The number of aromatic hydroxyl groups is 1. The molecule has 0 unspecified atom stereocenters. The van der Waals surface area contributed by atoms with Gasteiger partial charge in [-0.25, -0.2) is 0 Å². The summed E-state index contributed by atoms with van der Waals surface area (Å²) in [7, 11) is 2.96. The van der Waals surface area contributed by atoms with Crippen molar-refractivity contribution in [3.63, 3.8) is 0 Å². The molecule has 11 heteroatoms. The average Bonchev–Trinajstić information content (AvgIpc) is 3.23. The Bertz CT molecular complexity index is 1160. The van der Waals surface area contributed by atoms with Crippen LogP contribution in [0.5, 0.6) is 5.75 Å². The molecule has 1 atom stereocenters. The lowest BCUT2D eigenvalue weighted by molar-refractivity contribution is -0.138. The van der Waals surface area contributed by atoms with Gasteiger partial charge < -0.3 is 25.1 Å². The van der Waals surface area contributed by atoms with E-state index in [0.717, 1.165) is 0 Å². The van der Waals surface area contributed by atoms with Crippen molar-refractivity contribution in [3.05, 3.63) is 68.4 Å². The summed E-state index contributed by atoms with van der Waals surface area (Å²) >= 11 is 0. The number of phenolic OH excluding ortho intramolecular Hbond substituents is 1. The maximum atomic E-state index is 13.0. The largest absolute Gasteiger partial charge is 0.505 e. The highest BCUT2D eigenvalue weighted by molar-refractivity contribution is 5.99. The zero-order valence-electron chi connectivity index (χ0n) is 16.4. The van der Waals surface area contributed by atoms with Crippen molar-refractivity contribution in [2.75, 3.05) is 24.7 Å². The van der Waals surface area contributed by atoms with Gasteiger partial charge in [-0.15, -0.1) is 0 Å². The van der Waals surface area contributed by atoms with Gasteiger partial charge in [0, 0.05) is 14.1 Å². The monoisotopic (exact) mass is 437 g/mol. The third-order valence-corrected chi connectivity index (χ3v) is 4.48. The smallest absolute Gasteiger partial charge is 0.391 e. The molecule has 0 saturated carbocycles. The Morgan fingerprint density at radius 3 is 2.39 bits per heavy atom. The number of hydrogen-bond acceptors (Lipinski definition) is 7. The minimum absolute atomic E-state index is 0.0614. The Balaban J connectivity index is 1.92. The topological polar surface area (TPSA) is 112 Å². The molecular formula is C20H18F3N3O5. The van der Waals surface area contributed by atoms with Crippen molar-refractivity contribution < 1.29 is 27.5 Å². The molecule has 3 aromatic rings. The Hall–Kier alpha value is -3.76. The molecule has 2 aromatic carbocycles. The predicted molar refractivity (Wildman–Crippen MR) is 107 cm³/mol. The average molecular weight is 437 g/mol. The Morgan fingerprint density at radius 1 is 1.13 bits per heavy atom. The molecule has 31 heavy (non-hydrogen) atoms. The number of furan rings is 1. The number of rotatable bonds is 7. The highest BCUT2D eigenvalue weighted by Crippen LogP contribution is 2.35. The fourth-order valence-corrected chi connectivity index (χ4v) is 2.96. The van der Waals surface area contributed by atoms with Crippen LogP contribution in [0.15, 0.2) is 50.6 Å². The van der Waals surface area contributed by atoms with Crippen molar-refractivity contribution in [2.24, 2.45) is 0 Å². The van der Waals surface area contributed by atoms with E-state index in [1.54, 1.807) is 0 Å². The van der Waals surface area contributed by atoms with Crippen LogP contribution in [-0.2, 0) is 0 Å². The first-order chi connectivity index (χ1) is 14.5. The molecule has 0 fully saturated rings. The van der Waals surface area contributed by atoms with E-state index in [0.29, 0.717) is 0 Å². The summed E-state index contributed by atoms with van der Waals surface area (Å²) in [5.41, 5.74) is -2.81. The van der Waals surface area contributed by atoms with Gasteiger partial charge in [0.15, 0.2) is 5.75 Å². The molecule has 0 saturated heterocycles. The van der Waals surface area contributed by atoms with Crippen molar-refractivity contribution in [1.29, 1.82) is 0 Å². The second kappa shape index (κ2) is 8.17. The van der Waals surface area contributed by atoms with Gasteiger partial charge in [0.25, 0.3) is 16.8 Å². The summed E-state index contributed by atoms with van der Waals surface area (Å²) in [5, 5.41) is 15.3. The van der Waals surface area contributed by atoms with Gasteiger partial charge in [0.05, 0.1) is 30.0 Å². The summed E-state index contributed by atoms with van der Waals surface area (Å²) in [6.07, 6.45) is -4.74. The highest BCUT2D eigenvalue weighted by atomic mass is 19.4. The lowest BCUT2D eigenvalue weighted by Gasteiger charge is -2.22. The van der Waals surface area contributed by atoms with Gasteiger partial charge in [-0.2, -0.15) is 13.2 Å². The van der Waals surface area contributed by atoms with E-state index in [9.17, 15) is 32.7 Å². The molecular weight excluding hydrogens is 419 g/mol. The molecule has 3 N–H and O–H groups in total. The maximum Gasteiger partial charge on any atom is 0.391 e. The molecule has 0 aliphatic rings. The van der Waals surface area contributed by atoms with Crippen LogP contribution in [-0.4, -0.2) is 36.2 Å². The number of benzene rings is 1. The maximum absolute atomic E-state index is 13.0. The van der Waals surface area contributed by atoms with E-state index >= 15 is 0 Å². The van der Waals surface area contributed by atoms with Gasteiger partial charge >= 0.3 is 6.18 Å². The SMILES string of the molecule is CN(C)C(=O)c1cccc(Nc2c(N[C@H](CC(F)(F)F)c3ccco3)c(=O)c2=O)c1O. The summed E-state index contributed by atoms with van der Waals surface area (Å²) in [5.74, 6) is -1.05. The van der Waals surface area contributed by atoms with Crippen LogP contribution < -0.4 is 21.5 Å². The molecule has 1 heterocycles. The zero-order chi connectivity index (χ0) is 22.9. The first-order valence-corrected chi connectivity index (χ1v) is 9.00. The standard InChI is InChI=1S/C20H18F3N3O5/c1-26(2)19(30)10-5-3-6-11(16(10)27)24-14-15(18(29)17(14)28)25-12(9-20(21,22)23)13-7-4-8-31-13/h3-8,12,24-25,27H,9H2,1-2H3/t12-/m1/s1. The third-order valence-electron chi connectivity index (χ3n) is 4.48. The van der Waals surface area contributed by atoms with Gasteiger partial charge in [-0.1, -0.05) is 6.07 Å². The van der Waals surface area contributed by atoms with Crippen LogP contribution in [0.1, 0.15) is 28.6 Å². The van der Waals surface area contributed by atoms with E-state index in [1.165, 1.54) is 55.6 Å². The molecule has 0 spiro atoms. The Labute approximate surface area is 173 Å². The quantitative estimate of drug-likeness (QED) is 0.385. The van der Waals surface area contributed by atoms with Gasteiger partial charge in [0.2, 0.25) is 0 Å². The van der Waals surface area contributed by atoms with Crippen molar-refractivity contribution >= 4 is 23.0 Å². The van der Waals surface area contributed by atoms with Crippen LogP contribution >= 0.6 is 0 Å². The van der Waals surface area contributed by atoms with E-state index in [4.69, 9.17) is 4.42 Å². The number of halogens is 3. The normalized spacial score (nSPS) is 12.5. The first-order valence-electron chi connectivity index (χ1n) is 9.00. The Kier molecular flexibility index (Phi) is 5.78. The number of anilines is 3. The summed E-state index contributed by atoms with van der Waals surface area (Å²) in [6.45, 7) is 0. The lowest BCUT2D eigenvalue weighted by Crippen LogP contribution is -2.38. The van der Waals surface area contributed by atoms with E-state index in [2.05, 4.69) is 10.6 Å². The Morgan fingerprint density at radius 2 is 1.81 bits per heavy atom. The lowest BCUT2D eigenvalue weighted by atomic mass is 10.1. The van der Waals surface area contributed by atoms with Gasteiger partial charge in [-0.3, -0.25) is 14.4 Å². The molecule has 1 aromatic heterocycles. The van der Waals surface area contributed by atoms with Crippen LogP contribution in [0.2, 0.25) is 0 Å². The number of nitrogens with one attached hydrogen (secondary N) is 2. The predicted octanol–water partition coefficient (Wildman–Crippen LogP) is 3.13. The fourth-order valence-electron chi connectivity index (χ4n) is 2.96. The number of phenols is 1. The van der Waals surface area contributed by atoms with Crippen LogP contribution in [0, 0.1) is 0 Å². The van der Waals surface area contributed by atoms with Gasteiger partial charge in [-0.05, 0) is 24.3 Å². The molecule has 3 rings (SSSR count). The van der Waals surface area contributed by atoms with E-state index in [1.807, 2.05) is 0 Å². The zero-order valence-corrected chi connectivity index (χ0v) is 16.4. The molecule has 164 valence electrons. The number of carbonyl (C=O) groups is 1. The molecule has 0 radical (unpaired) electrons. The molecule has 0 aliphatic carbocycles. The fraction of sp³-hybridized carbons (Fsp3) is 0.250. The summed E-state index contributed by atoms with van der Waals surface area (Å²) < 4.78 is 44.0. The minimum Gasteiger partial charge on any atom is -0.505 e. The summed E-state index contributed by atoms with van der Waals surface area (Å²) in [4.78, 5) is 37.5. The van der Waals surface area contributed by atoms with Crippen molar-refractivity contribution in [1.82, 2.24) is 4.90 Å². The molecule has 1 amide bonds. The summed E-state index contributed by atoms with van der Waals surface area (Å²) in [6, 6.07) is 5.40. The van der Waals surface area contributed by atoms with E-state index in [-0.39, 0.29) is 28.4 Å². The van der Waals surface area contributed by atoms with Crippen LogP contribution in [0.3, 0.4) is 0 Å². The first kappa shape index (κ1) is 21.9. The molecule has 0 aliphatic heterocycles. The number of amides is 1.